The van der Waals surface area contributed by atoms with Crippen LogP contribution in [0.4, 0.5) is 23.2 Å². The van der Waals surface area contributed by atoms with Crippen LogP contribution in [0.2, 0.25) is 0 Å². The summed E-state index contributed by atoms with van der Waals surface area (Å²) in [6, 6.07) is 6.48. The molecule has 11 heteroatoms. The highest BCUT2D eigenvalue weighted by Gasteiger charge is 2.34. The van der Waals surface area contributed by atoms with Crippen LogP contribution < -0.4 is 5.32 Å². The smallest absolute Gasteiger partial charge is 0.321 e. The summed E-state index contributed by atoms with van der Waals surface area (Å²) in [6.45, 7) is 0. The van der Waals surface area contributed by atoms with Gasteiger partial charge in [-0.2, -0.15) is 13.2 Å². The molecule has 1 aromatic carbocycles. The number of hydrogen-bond acceptors (Lipinski definition) is 4. The fourth-order valence-electron chi connectivity index (χ4n) is 2.45. The van der Waals surface area contributed by atoms with Gasteiger partial charge in [0, 0.05) is 18.1 Å². The summed E-state index contributed by atoms with van der Waals surface area (Å²) in [7, 11) is -3.77. The van der Waals surface area contributed by atoms with Gasteiger partial charge in [0.05, 0.1) is 11.1 Å². The number of fused-ring (bicyclic) bond motifs is 1. The van der Waals surface area contributed by atoms with Gasteiger partial charge < -0.3 is 5.32 Å². The lowest BCUT2D eigenvalue weighted by Gasteiger charge is -2.10. The van der Waals surface area contributed by atoms with Gasteiger partial charge in [0.25, 0.3) is 5.91 Å². The zero-order chi connectivity index (χ0) is 20.0. The summed E-state index contributed by atoms with van der Waals surface area (Å²) >= 11 is 0. The lowest BCUT2D eigenvalue weighted by atomic mass is 10.1. The third kappa shape index (κ3) is 3.63. The van der Waals surface area contributed by atoms with Gasteiger partial charge in [0.2, 0.25) is 15.0 Å². The number of nitrogens with zero attached hydrogens (tertiary/aromatic N) is 2. The van der Waals surface area contributed by atoms with Gasteiger partial charge in [0.15, 0.2) is 5.69 Å². The van der Waals surface area contributed by atoms with Crippen LogP contribution in [-0.4, -0.2) is 30.0 Å². The molecule has 1 amide bonds. The largest absolute Gasteiger partial charge is 0.419 e. The number of nitrogens with one attached hydrogen (secondary N) is 1. The maximum absolute atomic E-state index is 13.4. The number of sulfone groups is 1. The first-order chi connectivity index (χ1) is 12.5. The number of rotatable bonds is 3. The van der Waals surface area contributed by atoms with Crippen molar-refractivity contribution in [1.82, 2.24) is 9.38 Å². The van der Waals surface area contributed by atoms with E-state index in [1.807, 2.05) is 0 Å². The number of carbonyl (C=O) groups is 1. The van der Waals surface area contributed by atoms with E-state index >= 15 is 0 Å². The topological polar surface area (TPSA) is 80.5 Å². The number of halogens is 4. The first kappa shape index (κ1) is 18.8. The molecule has 3 aromatic rings. The van der Waals surface area contributed by atoms with Crippen molar-refractivity contribution in [3.63, 3.8) is 0 Å². The Morgan fingerprint density at radius 1 is 1.19 bits per heavy atom. The lowest BCUT2D eigenvalue weighted by Crippen LogP contribution is -2.15. The molecular formula is C16H11F4N3O3S. The maximum Gasteiger partial charge on any atom is 0.419 e. The molecule has 27 heavy (non-hydrogen) atoms. The number of hydrogen-bond donors (Lipinski definition) is 1. The van der Waals surface area contributed by atoms with Gasteiger partial charge in [-0.15, -0.1) is 0 Å². The summed E-state index contributed by atoms with van der Waals surface area (Å²) in [5.41, 5.74) is -2.00. The van der Waals surface area contributed by atoms with E-state index < -0.39 is 38.5 Å². The molecule has 142 valence electrons. The molecule has 2 heterocycles. The Labute approximate surface area is 150 Å². The molecule has 2 aromatic heterocycles. The second-order valence-electron chi connectivity index (χ2n) is 5.62. The van der Waals surface area contributed by atoms with E-state index in [0.717, 1.165) is 12.3 Å². The molecule has 0 saturated heterocycles. The fraction of sp³-hybridized carbons (Fsp3) is 0.125. The van der Waals surface area contributed by atoms with Crippen LogP contribution in [-0.2, 0) is 16.0 Å². The van der Waals surface area contributed by atoms with Crippen molar-refractivity contribution in [2.45, 2.75) is 11.3 Å². The van der Waals surface area contributed by atoms with E-state index in [4.69, 9.17) is 0 Å². The minimum Gasteiger partial charge on any atom is -0.321 e. The molecule has 0 aliphatic rings. The quantitative estimate of drug-likeness (QED) is 0.684. The first-order valence-electron chi connectivity index (χ1n) is 7.34. The molecule has 0 radical (unpaired) electrons. The standard InChI is InChI=1S/C16H11F4N3O3S/c1-27(25,26)15-22-13(12-4-2-3-7-23(12)15)14(24)21-9-5-6-11(17)10(8-9)16(18,19)20/h2-8H,1H3,(H,21,24). The number of aromatic nitrogens is 2. The summed E-state index contributed by atoms with van der Waals surface area (Å²) in [5, 5.41) is 1.79. The van der Waals surface area contributed by atoms with E-state index in [1.54, 1.807) is 6.07 Å². The Morgan fingerprint density at radius 2 is 1.89 bits per heavy atom. The van der Waals surface area contributed by atoms with Crippen LogP contribution in [0.3, 0.4) is 0 Å². The average Bonchev–Trinajstić information content (AvgIpc) is 2.95. The van der Waals surface area contributed by atoms with Crippen molar-refractivity contribution in [1.29, 1.82) is 0 Å². The van der Waals surface area contributed by atoms with Crippen molar-refractivity contribution >= 4 is 26.9 Å². The predicted molar refractivity (Wildman–Crippen MR) is 87.7 cm³/mol. The third-order valence-corrected chi connectivity index (χ3v) is 4.54. The first-order valence-corrected chi connectivity index (χ1v) is 9.23. The molecule has 0 bridgehead atoms. The second kappa shape index (κ2) is 6.34. The van der Waals surface area contributed by atoms with Gasteiger partial charge >= 0.3 is 6.18 Å². The molecule has 0 saturated carbocycles. The number of anilines is 1. The van der Waals surface area contributed by atoms with Crippen molar-refractivity contribution in [2.24, 2.45) is 0 Å². The highest BCUT2D eigenvalue weighted by atomic mass is 32.2. The van der Waals surface area contributed by atoms with Crippen LogP contribution in [0, 0.1) is 5.82 Å². The molecule has 1 N–H and O–H groups in total. The highest BCUT2D eigenvalue weighted by Crippen LogP contribution is 2.33. The Balaban J connectivity index is 2.04. The number of pyridine rings is 1. The molecule has 0 aliphatic heterocycles. The van der Waals surface area contributed by atoms with E-state index in [2.05, 4.69) is 10.3 Å². The van der Waals surface area contributed by atoms with Gasteiger partial charge in [-0.3, -0.25) is 9.20 Å². The number of imidazole rings is 1. The molecule has 0 unspecified atom stereocenters. The van der Waals surface area contributed by atoms with E-state index in [-0.39, 0.29) is 16.9 Å². The van der Waals surface area contributed by atoms with Crippen LogP contribution in [0.25, 0.3) is 5.52 Å². The van der Waals surface area contributed by atoms with E-state index in [0.29, 0.717) is 12.1 Å². The summed E-state index contributed by atoms with van der Waals surface area (Å²) in [6.07, 6.45) is -2.64. The molecule has 6 nitrogen and oxygen atoms in total. The zero-order valence-electron chi connectivity index (χ0n) is 13.6. The third-order valence-electron chi connectivity index (χ3n) is 3.59. The molecular weight excluding hydrogens is 390 g/mol. The van der Waals surface area contributed by atoms with E-state index in [1.165, 1.54) is 22.7 Å². The van der Waals surface area contributed by atoms with Crippen molar-refractivity contribution in [3.05, 3.63) is 59.7 Å². The number of carbonyl (C=O) groups excluding carboxylic acids is 1. The molecule has 0 atom stereocenters. The minimum absolute atomic E-state index is 0.147. The Hall–Kier alpha value is -2.95. The van der Waals surface area contributed by atoms with Crippen LogP contribution in [0.1, 0.15) is 16.1 Å². The number of alkyl halides is 3. The molecule has 0 fully saturated rings. The molecule has 0 spiro atoms. The SMILES string of the molecule is CS(=O)(=O)c1nc(C(=O)Nc2ccc(F)c(C(F)(F)F)c2)c2ccccn12. The summed E-state index contributed by atoms with van der Waals surface area (Å²) < 4.78 is 76.6. The fourth-order valence-corrected chi connectivity index (χ4v) is 3.22. The summed E-state index contributed by atoms with van der Waals surface area (Å²) in [4.78, 5) is 16.3. The average molecular weight is 401 g/mol. The van der Waals surface area contributed by atoms with Crippen LogP contribution in [0.15, 0.2) is 47.8 Å². The minimum atomic E-state index is -4.94. The Morgan fingerprint density at radius 3 is 2.52 bits per heavy atom. The van der Waals surface area contributed by atoms with Crippen LogP contribution in [0.5, 0.6) is 0 Å². The van der Waals surface area contributed by atoms with Gasteiger partial charge in [-0.25, -0.2) is 17.8 Å². The molecule has 3 rings (SSSR count). The lowest BCUT2D eigenvalue weighted by molar-refractivity contribution is -0.139. The van der Waals surface area contributed by atoms with E-state index in [9.17, 15) is 30.8 Å². The monoisotopic (exact) mass is 401 g/mol. The predicted octanol–water partition coefficient (Wildman–Crippen LogP) is 3.15. The van der Waals surface area contributed by atoms with Gasteiger partial charge in [0.1, 0.15) is 5.82 Å². The number of amides is 1. The van der Waals surface area contributed by atoms with Crippen molar-refractivity contribution in [3.8, 4) is 0 Å². The zero-order valence-corrected chi connectivity index (χ0v) is 14.4. The van der Waals surface area contributed by atoms with Gasteiger partial charge in [-0.1, -0.05) is 6.07 Å². The van der Waals surface area contributed by atoms with Gasteiger partial charge in [-0.05, 0) is 30.3 Å². The molecule has 0 aliphatic carbocycles. The Bertz CT molecular complexity index is 1150. The van der Waals surface area contributed by atoms with Crippen molar-refractivity contribution in [2.75, 3.05) is 11.6 Å². The van der Waals surface area contributed by atoms with Crippen molar-refractivity contribution < 1.29 is 30.8 Å². The normalized spacial score (nSPS) is 12.3. The summed E-state index contributed by atoms with van der Waals surface area (Å²) in [5.74, 6) is -2.42. The number of benzene rings is 1. The second-order valence-corrected chi connectivity index (χ2v) is 7.53. The Kier molecular flexibility index (Phi) is 4.42. The maximum atomic E-state index is 13.4. The highest BCUT2D eigenvalue weighted by molar-refractivity contribution is 7.90. The van der Waals surface area contributed by atoms with Crippen LogP contribution >= 0.6 is 0 Å².